The molecule has 2 atom stereocenters. The molecule has 1 fully saturated rings. The average Bonchev–Trinajstić information content (AvgIpc) is 3.21. The number of nitro groups is 2. The number of nitrogens with one attached hydrogen (secondary N) is 1. The highest BCUT2D eigenvalue weighted by Gasteiger charge is 2.50. The lowest BCUT2D eigenvalue weighted by molar-refractivity contribution is -0.385. The molecule has 0 radical (unpaired) electrons. The number of halogens is 1. The van der Waals surface area contributed by atoms with Crippen molar-refractivity contribution in [1.29, 1.82) is 0 Å². The van der Waals surface area contributed by atoms with Gasteiger partial charge < -0.3 is 5.32 Å². The largest absolute Gasteiger partial charge is 0.338 e. The van der Waals surface area contributed by atoms with Crippen LogP contribution < -0.4 is 5.32 Å². The monoisotopic (exact) mass is 472 g/mol. The molecule has 3 aromatic rings. The van der Waals surface area contributed by atoms with E-state index in [-0.39, 0.29) is 17.9 Å². The number of amides is 3. The molecule has 2 aromatic carbocycles. The predicted octanol–water partition coefficient (Wildman–Crippen LogP) is 3.14. The first kappa shape index (κ1) is 22.1. The molecule has 1 saturated heterocycles. The highest BCUT2D eigenvalue weighted by Crippen LogP contribution is 2.39. The van der Waals surface area contributed by atoms with Gasteiger partial charge in [-0.3, -0.25) is 34.6 Å². The van der Waals surface area contributed by atoms with E-state index in [0.717, 1.165) is 10.3 Å². The lowest BCUT2D eigenvalue weighted by Gasteiger charge is -2.42. The third-order valence-electron chi connectivity index (χ3n) is 5.33. The topological polar surface area (TPSA) is 154 Å². The fraction of sp³-hybridized carbons (Fsp3) is 0.250. The van der Waals surface area contributed by atoms with Crippen molar-refractivity contribution < 1.29 is 19.4 Å². The van der Waals surface area contributed by atoms with Crippen LogP contribution in [-0.2, 0) is 11.3 Å². The van der Waals surface area contributed by atoms with E-state index in [9.17, 15) is 29.8 Å². The van der Waals surface area contributed by atoms with Gasteiger partial charge in [-0.25, -0.2) is 4.79 Å². The van der Waals surface area contributed by atoms with E-state index in [4.69, 9.17) is 11.6 Å². The third kappa shape index (κ3) is 4.20. The minimum Gasteiger partial charge on any atom is -0.338 e. The SMILES string of the molecule is O=C(NCCCn1ncc2ccc([N+](=O)[O-])cc21)N1C(=O)C(Cl)C1c1cccc([N+](=O)[O-])c1. The molecule has 1 aromatic heterocycles. The second-order valence-electron chi connectivity index (χ2n) is 7.36. The van der Waals surface area contributed by atoms with Crippen LogP contribution in [0.5, 0.6) is 0 Å². The molecule has 0 saturated carbocycles. The number of fused-ring (bicyclic) bond motifs is 1. The number of urea groups is 1. The van der Waals surface area contributed by atoms with Crippen molar-refractivity contribution >= 4 is 45.8 Å². The lowest BCUT2D eigenvalue weighted by atomic mass is 9.93. The van der Waals surface area contributed by atoms with Gasteiger partial charge in [0.2, 0.25) is 0 Å². The van der Waals surface area contributed by atoms with E-state index in [2.05, 4.69) is 10.4 Å². The Labute approximate surface area is 191 Å². The minimum atomic E-state index is -0.996. The first-order valence-corrected chi connectivity index (χ1v) is 10.3. The van der Waals surface area contributed by atoms with Crippen molar-refractivity contribution in [1.82, 2.24) is 20.0 Å². The number of alkyl halides is 1. The Morgan fingerprint density at radius 2 is 1.85 bits per heavy atom. The van der Waals surface area contributed by atoms with E-state index in [1.54, 1.807) is 23.0 Å². The quantitative estimate of drug-likeness (QED) is 0.182. The summed E-state index contributed by atoms with van der Waals surface area (Å²) in [7, 11) is 0. The van der Waals surface area contributed by atoms with Crippen LogP contribution in [0.3, 0.4) is 0 Å². The van der Waals surface area contributed by atoms with E-state index in [0.29, 0.717) is 24.0 Å². The maximum absolute atomic E-state index is 12.6. The van der Waals surface area contributed by atoms with Crippen molar-refractivity contribution in [3.63, 3.8) is 0 Å². The number of nitro benzene ring substituents is 2. The van der Waals surface area contributed by atoms with Crippen molar-refractivity contribution in [3.05, 3.63) is 74.5 Å². The van der Waals surface area contributed by atoms with Gasteiger partial charge >= 0.3 is 6.03 Å². The number of β-lactam (4-membered cyclic amide) rings is 1. The van der Waals surface area contributed by atoms with Crippen LogP contribution in [0.1, 0.15) is 18.0 Å². The van der Waals surface area contributed by atoms with Gasteiger partial charge in [-0.1, -0.05) is 12.1 Å². The average molecular weight is 473 g/mol. The van der Waals surface area contributed by atoms with Gasteiger partial charge in [0.25, 0.3) is 17.3 Å². The highest BCUT2D eigenvalue weighted by atomic mass is 35.5. The summed E-state index contributed by atoms with van der Waals surface area (Å²) in [6, 6.07) is 8.62. The third-order valence-corrected chi connectivity index (χ3v) is 5.76. The van der Waals surface area contributed by atoms with Crippen LogP contribution >= 0.6 is 11.6 Å². The number of carbonyl (C=O) groups is 2. The molecule has 13 heteroatoms. The number of hydrogen-bond acceptors (Lipinski definition) is 7. The summed E-state index contributed by atoms with van der Waals surface area (Å²) in [5.41, 5.74) is 0.784. The standard InChI is InChI=1S/C20H17ClN6O6/c21-17-18(12-3-1-4-14(9-12)26(30)31)25(19(17)28)20(29)22-7-2-8-24-16-10-15(27(32)33)6-5-13(16)11-23-24/h1,3-6,9-11,17-18H,2,7-8H2,(H,22,29). The number of imide groups is 1. The summed E-state index contributed by atoms with van der Waals surface area (Å²) in [5.74, 6) is -0.587. The van der Waals surface area contributed by atoms with Gasteiger partial charge in [-0.05, 0) is 18.1 Å². The summed E-state index contributed by atoms with van der Waals surface area (Å²) in [4.78, 5) is 46.7. The zero-order valence-electron chi connectivity index (χ0n) is 17.0. The lowest BCUT2D eigenvalue weighted by Crippen LogP contribution is -2.61. The summed E-state index contributed by atoms with van der Waals surface area (Å²) >= 11 is 6.09. The number of benzene rings is 2. The smallest absolute Gasteiger partial charge is 0.324 e. The summed E-state index contributed by atoms with van der Waals surface area (Å²) in [5, 5.41) is 28.6. The first-order chi connectivity index (χ1) is 15.8. The number of non-ortho nitro benzene ring substituents is 2. The predicted molar refractivity (Wildman–Crippen MR) is 117 cm³/mol. The Morgan fingerprint density at radius 1 is 1.12 bits per heavy atom. The fourth-order valence-electron chi connectivity index (χ4n) is 3.68. The second kappa shape index (κ2) is 8.82. The van der Waals surface area contributed by atoms with Crippen LogP contribution in [0.2, 0.25) is 0 Å². The number of rotatable bonds is 7. The number of nitrogens with zero attached hydrogens (tertiary/aromatic N) is 5. The summed E-state index contributed by atoms with van der Waals surface area (Å²) in [6.45, 7) is 0.582. The van der Waals surface area contributed by atoms with E-state index in [1.165, 1.54) is 30.3 Å². The van der Waals surface area contributed by atoms with Crippen LogP contribution in [0.4, 0.5) is 16.2 Å². The molecular formula is C20H17ClN6O6. The highest BCUT2D eigenvalue weighted by molar-refractivity contribution is 6.35. The molecule has 2 unspecified atom stereocenters. The molecule has 1 aliphatic heterocycles. The first-order valence-electron chi connectivity index (χ1n) is 9.87. The second-order valence-corrected chi connectivity index (χ2v) is 7.83. The number of hydrogen-bond donors (Lipinski definition) is 1. The van der Waals surface area contributed by atoms with Gasteiger partial charge in [0.05, 0.1) is 27.6 Å². The molecule has 1 N–H and O–H groups in total. The zero-order chi connectivity index (χ0) is 23.7. The molecule has 0 bridgehead atoms. The number of aromatic nitrogens is 2. The van der Waals surface area contributed by atoms with Gasteiger partial charge in [0, 0.05) is 42.7 Å². The maximum Gasteiger partial charge on any atom is 0.324 e. The molecule has 0 aliphatic carbocycles. The number of aryl methyl sites for hydroxylation is 1. The zero-order valence-corrected chi connectivity index (χ0v) is 17.7. The van der Waals surface area contributed by atoms with Crippen molar-refractivity contribution in [2.75, 3.05) is 6.54 Å². The van der Waals surface area contributed by atoms with Crippen molar-refractivity contribution in [2.45, 2.75) is 24.4 Å². The van der Waals surface area contributed by atoms with Crippen LogP contribution in [-0.4, -0.2) is 48.4 Å². The van der Waals surface area contributed by atoms with Gasteiger partial charge in [-0.2, -0.15) is 5.10 Å². The van der Waals surface area contributed by atoms with E-state index < -0.39 is 33.2 Å². The Kier molecular flexibility index (Phi) is 5.92. The summed E-state index contributed by atoms with van der Waals surface area (Å²) in [6.07, 6.45) is 2.04. The molecule has 170 valence electrons. The van der Waals surface area contributed by atoms with Crippen LogP contribution in [0.25, 0.3) is 10.9 Å². The number of carbonyl (C=O) groups excluding carboxylic acids is 2. The Bertz CT molecular complexity index is 1280. The van der Waals surface area contributed by atoms with Crippen molar-refractivity contribution in [2.24, 2.45) is 0 Å². The van der Waals surface area contributed by atoms with Crippen LogP contribution in [0, 0.1) is 20.2 Å². The van der Waals surface area contributed by atoms with Crippen molar-refractivity contribution in [3.8, 4) is 0 Å². The minimum absolute atomic E-state index is 0.0448. The maximum atomic E-state index is 12.6. The Balaban J connectivity index is 1.38. The Hall–Kier alpha value is -4.06. The number of likely N-dealkylation sites (tertiary alicyclic amines) is 1. The van der Waals surface area contributed by atoms with Gasteiger partial charge in [0.1, 0.15) is 5.38 Å². The molecule has 33 heavy (non-hydrogen) atoms. The molecular weight excluding hydrogens is 456 g/mol. The molecule has 4 rings (SSSR count). The molecule has 3 amide bonds. The molecule has 1 aliphatic rings. The van der Waals surface area contributed by atoms with Crippen LogP contribution in [0.15, 0.2) is 48.7 Å². The molecule has 2 heterocycles. The van der Waals surface area contributed by atoms with E-state index >= 15 is 0 Å². The fourth-order valence-corrected chi connectivity index (χ4v) is 4.04. The normalized spacial score (nSPS) is 17.6. The van der Waals surface area contributed by atoms with Gasteiger partial charge in [0.15, 0.2) is 0 Å². The Morgan fingerprint density at radius 3 is 2.58 bits per heavy atom. The van der Waals surface area contributed by atoms with E-state index in [1.807, 2.05) is 0 Å². The van der Waals surface area contributed by atoms with Gasteiger partial charge in [-0.15, -0.1) is 11.6 Å². The molecule has 12 nitrogen and oxygen atoms in total. The summed E-state index contributed by atoms with van der Waals surface area (Å²) < 4.78 is 1.60. The molecule has 0 spiro atoms.